The third-order valence-corrected chi connectivity index (χ3v) is 1.38. The molecule has 0 fully saturated rings. The molecule has 0 amide bonds. The number of carboxylic acid groups (broad SMARTS) is 1. The van der Waals surface area contributed by atoms with Crippen LogP contribution in [0.4, 0.5) is 0 Å². The monoisotopic (exact) mass is 181 g/mol. The van der Waals surface area contributed by atoms with Crippen LogP contribution in [0.2, 0.25) is 0 Å². The highest BCUT2D eigenvalue weighted by atomic mass is 16.4. The zero-order valence-electron chi connectivity index (χ0n) is 8.06. The van der Waals surface area contributed by atoms with Gasteiger partial charge in [0.05, 0.1) is 26.3 Å². The Bertz CT molecular complexity index is 239. The van der Waals surface area contributed by atoms with Crippen molar-refractivity contribution < 1.29 is 14.4 Å². The smallest absolute Gasteiger partial charge is 0.123 e. The Morgan fingerprint density at radius 2 is 2.00 bits per heavy atom. The van der Waals surface area contributed by atoms with E-state index in [0.717, 1.165) is 0 Å². The van der Waals surface area contributed by atoms with E-state index in [-0.39, 0.29) is 11.0 Å². The lowest BCUT2D eigenvalue weighted by molar-refractivity contribution is -0.833. The minimum Gasteiger partial charge on any atom is -0.544 e. The van der Waals surface area contributed by atoms with Crippen LogP contribution >= 0.6 is 0 Å². The fraction of sp³-hybridized carbons (Fsp3) is 0.300. The maximum atomic E-state index is 10.3. The first kappa shape index (κ1) is 11.6. The highest BCUT2D eigenvalue weighted by Crippen LogP contribution is 1.97. The van der Waals surface area contributed by atoms with Gasteiger partial charge in [-0.05, 0) is 6.08 Å². The van der Waals surface area contributed by atoms with Gasteiger partial charge in [0.15, 0.2) is 0 Å². The molecule has 0 aliphatic carbocycles. The molecule has 0 radical (unpaired) electrons. The van der Waals surface area contributed by atoms with Gasteiger partial charge in [0.1, 0.15) is 6.54 Å². The van der Waals surface area contributed by atoms with Crippen molar-refractivity contribution in [3.05, 3.63) is 37.1 Å². The first-order chi connectivity index (χ1) is 5.98. The summed E-state index contributed by atoms with van der Waals surface area (Å²) in [4.78, 5) is 10.3. The molecule has 0 bridgehead atoms. The molecule has 13 heavy (non-hydrogen) atoms. The van der Waals surface area contributed by atoms with Crippen molar-refractivity contribution >= 4 is 5.97 Å². The first-order valence-corrected chi connectivity index (χ1v) is 3.97. The number of likely N-dealkylation sites (N-methyl/N-ethyl adjacent to an activating group) is 1. The summed E-state index contributed by atoms with van der Waals surface area (Å²) < 4.78 is 0.268. The third kappa shape index (κ3) is 7.03. The molecule has 0 rings (SSSR count). The molecule has 3 nitrogen and oxygen atoms in total. The first-order valence-electron chi connectivity index (χ1n) is 3.97. The van der Waals surface area contributed by atoms with Crippen molar-refractivity contribution in [2.24, 2.45) is 0 Å². The number of rotatable bonds is 5. The third-order valence-electron chi connectivity index (χ3n) is 1.38. The predicted octanol–water partition coefficient (Wildman–Crippen LogP) is 0.0686. The van der Waals surface area contributed by atoms with E-state index in [1.54, 1.807) is 44.6 Å². The quantitative estimate of drug-likeness (QED) is 0.445. The van der Waals surface area contributed by atoms with Gasteiger partial charge in [-0.1, -0.05) is 24.8 Å². The second kappa shape index (κ2) is 5.32. The van der Waals surface area contributed by atoms with Crippen molar-refractivity contribution in [2.75, 3.05) is 20.6 Å². The molecule has 0 unspecified atom stereocenters. The van der Waals surface area contributed by atoms with Crippen LogP contribution in [0.15, 0.2) is 37.1 Å². The molecule has 0 N–H and O–H groups in total. The van der Waals surface area contributed by atoms with Crippen LogP contribution in [0, 0.1) is 0 Å². The molecular formula is C10H15NO2. The fourth-order valence-corrected chi connectivity index (χ4v) is 0.811. The Morgan fingerprint density at radius 1 is 1.38 bits per heavy atom. The van der Waals surface area contributed by atoms with Crippen LogP contribution in [-0.4, -0.2) is 31.1 Å². The van der Waals surface area contributed by atoms with Gasteiger partial charge < -0.3 is 9.90 Å². The molecule has 0 spiro atoms. The Kier molecular flexibility index (Phi) is 4.77. The normalized spacial score (nSPS) is 12.5. The van der Waals surface area contributed by atoms with Crippen LogP contribution in [0.25, 0.3) is 0 Å². The maximum absolute atomic E-state index is 10.3. The summed E-state index contributed by atoms with van der Waals surface area (Å²) >= 11 is 0. The summed E-state index contributed by atoms with van der Waals surface area (Å²) in [5, 5.41) is 10.3. The van der Waals surface area contributed by atoms with E-state index in [4.69, 9.17) is 0 Å². The van der Waals surface area contributed by atoms with Crippen LogP contribution < -0.4 is 5.11 Å². The fourth-order valence-electron chi connectivity index (χ4n) is 0.811. The number of hydrogen-bond acceptors (Lipinski definition) is 2. The van der Waals surface area contributed by atoms with Gasteiger partial charge in [0, 0.05) is 0 Å². The lowest BCUT2D eigenvalue weighted by Gasteiger charge is -2.24. The summed E-state index contributed by atoms with van der Waals surface area (Å²) in [6, 6.07) is 0. The molecule has 0 aromatic heterocycles. The minimum atomic E-state index is -1.05. The Labute approximate surface area is 78.9 Å². The van der Waals surface area contributed by atoms with Crippen LogP contribution in [0.3, 0.4) is 0 Å². The van der Waals surface area contributed by atoms with Crippen molar-refractivity contribution in [1.82, 2.24) is 0 Å². The SMILES string of the molecule is C=C/C=C/C=C/[N+](C)(C)CC(=O)[O-]. The summed E-state index contributed by atoms with van der Waals surface area (Å²) in [5.74, 6) is -1.05. The lowest BCUT2D eigenvalue weighted by atomic mass is 10.4. The summed E-state index contributed by atoms with van der Waals surface area (Å²) in [6.07, 6.45) is 8.78. The lowest BCUT2D eigenvalue weighted by Crippen LogP contribution is -2.44. The van der Waals surface area contributed by atoms with E-state index in [9.17, 15) is 9.90 Å². The van der Waals surface area contributed by atoms with Gasteiger partial charge >= 0.3 is 0 Å². The second-order valence-corrected chi connectivity index (χ2v) is 3.27. The molecule has 72 valence electrons. The van der Waals surface area contributed by atoms with Gasteiger partial charge in [-0.25, -0.2) is 0 Å². The number of nitrogens with zero attached hydrogens (tertiary/aromatic N) is 1. The largest absolute Gasteiger partial charge is 0.544 e. The maximum Gasteiger partial charge on any atom is 0.123 e. The Morgan fingerprint density at radius 3 is 2.46 bits per heavy atom. The minimum absolute atomic E-state index is 0.0293. The van der Waals surface area contributed by atoms with Crippen molar-refractivity contribution in [2.45, 2.75) is 0 Å². The number of quaternary nitrogens is 1. The number of allylic oxidation sites excluding steroid dienone is 4. The summed E-state index contributed by atoms with van der Waals surface area (Å²) in [6.45, 7) is 3.48. The standard InChI is InChI=1S/C10H15NO2/c1-4-5-6-7-8-11(2,3)9-10(12)13/h4-8H,1,9H2,2-3H3/b6-5+,8-7+. The highest BCUT2D eigenvalue weighted by molar-refractivity contribution is 5.65. The van der Waals surface area contributed by atoms with Crippen molar-refractivity contribution in [3.63, 3.8) is 0 Å². The average molecular weight is 181 g/mol. The molecule has 0 aliphatic rings. The zero-order chi connectivity index (χ0) is 10.3. The van der Waals surface area contributed by atoms with E-state index < -0.39 is 5.97 Å². The number of carbonyl (C=O) groups excluding carboxylic acids is 1. The van der Waals surface area contributed by atoms with Gasteiger partial charge in [0.2, 0.25) is 0 Å². The van der Waals surface area contributed by atoms with Crippen molar-refractivity contribution in [1.29, 1.82) is 0 Å². The number of carbonyl (C=O) groups is 1. The molecular weight excluding hydrogens is 166 g/mol. The molecule has 0 saturated carbocycles. The molecule has 0 saturated heterocycles. The zero-order valence-corrected chi connectivity index (χ0v) is 8.06. The predicted molar refractivity (Wildman–Crippen MR) is 50.5 cm³/mol. The van der Waals surface area contributed by atoms with Gasteiger partial charge in [-0.2, -0.15) is 0 Å². The van der Waals surface area contributed by atoms with E-state index in [0.29, 0.717) is 0 Å². The molecule has 0 aliphatic heterocycles. The topological polar surface area (TPSA) is 40.1 Å². The van der Waals surface area contributed by atoms with Gasteiger partial charge in [-0.3, -0.25) is 4.48 Å². The second-order valence-electron chi connectivity index (χ2n) is 3.27. The highest BCUT2D eigenvalue weighted by Gasteiger charge is 2.09. The van der Waals surface area contributed by atoms with E-state index >= 15 is 0 Å². The van der Waals surface area contributed by atoms with E-state index in [1.807, 2.05) is 0 Å². The number of aliphatic carboxylic acids is 1. The Balaban J connectivity index is 4.14. The summed E-state index contributed by atoms with van der Waals surface area (Å²) in [7, 11) is 3.57. The van der Waals surface area contributed by atoms with E-state index in [2.05, 4.69) is 6.58 Å². The van der Waals surface area contributed by atoms with Crippen molar-refractivity contribution in [3.8, 4) is 0 Å². The van der Waals surface area contributed by atoms with Crippen LogP contribution in [-0.2, 0) is 4.79 Å². The molecule has 0 aromatic carbocycles. The van der Waals surface area contributed by atoms with Crippen LogP contribution in [0.5, 0.6) is 0 Å². The molecule has 0 aromatic rings. The number of hydrogen-bond donors (Lipinski definition) is 0. The average Bonchev–Trinajstić information content (AvgIpc) is 1.95. The van der Waals surface area contributed by atoms with Gasteiger partial charge in [-0.15, -0.1) is 0 Å². The molecule has 0 atom stereocenters. The number of carboxylic acids is 1. The molecule has 0 heterocycles. The van der Waals surface area contributed by atoms with E-state index in [1.165, 1.54) is 0 Å². The van der Waals surface area contributed by atoms with Crippen LogP contribution in [0.1, 0.15) is 0 Å². The molecule has 3 heteroatoms. The Hall–Kier alpha value is -1.35. The van der Waals surface area contributed by atoms with Gasteiger partial charge in [0.25, 0.3) is 0 Å². The summed E-state index contributed by atoms with van der Waals surface area (Å²) in [5.41, 5.74) is 0.